The second-order valence-electron chi connectivity index (χ2n) is 4.45. The summed E-state index contributed by atoms with van der Waals surface area (Å²) in [6.07, 6.45) is 0.832. The third-order valence-electron chi connectivity index (χ3n) is 3.13. The van der Waals surface area contributed by atoms with E-state index >= 15 is 0 Å². The fourth-order valence-corrected chi connectivity index (χ4v) is 3.77. The van der Waals surface area contributed by atoms with Gasteiger partial charge >= 0.3 is 0 Å². The molecular formula is C13H20N2O2S2. The fraction of sp³-hybridized carbons (Fsp3) is 0.538. The molecule has 0 aliphatic carbocycles. The minimum Gasteiger partial charge on any atom is -0.370 e. The topological polar surface area (TPSA) is 49.4 Å². The molecule has 0 amide bonds. The van der Waals surface area contributed by atoms with E-state index in [1.54, 1.807) is 6.92 Å². The quantitative estimate of drug-likeness (QED) is 0.816. The molecule has 4 nitrogen and oxygen atoms in total. The number of nitrogens with zero attached hydrogens (tertiary/aromatic N) is 1. The van der Waals surface area contributed by atoms with Crippen LogP contribution in [0.15, 0.2) is 29.2 Å². The molecule has 2 rings (SSSR count). The molecule has 0 saturated heterocycles. The minimum absolute atomic E-state index is 0.149. The molecular weight excluding hydrogens is 280 g/mol. The van der Waals surface area contributed by atoms with Gasteiger partial charge in [-0.3, -0.25) is 0 Å². The van der Waals surface area contributed by atoms with Crippen molar-refractivity contribution in [3.8, 4) is 0 Å². The van der Waals surface area contributed by atoms with Gasteiger partial charge in [0.05, 0.1) is 11.4 Å². The average molecular weight is 300 g/mol. The zero-order chi connectivity index (χ0) is 13.7. The van der Waals surface area contributed by atoms with Crippen LogP contribution in [-0.4, -0.2) is 39.6 Å². The van der Waals surface area contributed by atoms with Gasteiger partial charge < -0.3 is 4.90 Å². The normalized spacial score (nSPS) is 15.3. The molecule has 0 spiro atoms. The molecule has 0 bridgehead atoms. The summed E-state index contributed by atoms with van der Waals surface area (Å²) in [6, 6.07) is 8.39. The molecule has 0 saturated carbocycles. The smallest absolute Gasteiger partial charge is 0.211 e. The Morgan fingerprint density at radius 2 is 2.16 bits per heavy atom. The van der Waals surface area contributed by atoms with Crippen LogP contribution in [0.3, 0.4) is 0 Å². The number of fused-ring (bicyclic) bond motifs is 1. The summed E-state index contributed by atoms with van der Waals surface area (Å²) >= 11 is 1.89. The Labute approximate surface area is 119 Å². The molecule has 0 aromatic heterocycles. The summed E-state index contributed by atoms with van der Waals surface area (Å²) in [5.41, 5.74) is 1.28. The van der Waals surface area contributed by atoms with Crippen molar-refractivity contribution < 1.29 is 8.42 Å². The summed E-state index contributed by atoms with van der Waals surface area (Å²) in [6.45, 7) is 4.09. The van der Waals surface area contributed by atoms with Crippen LogP contribution >= 0.6 is 11.8 Å². The van der Waals surface area contributed by atoms with Crippen molar-refractivity contribution in [2.24, 2.45) is 0 Å². The van der Waals surface area contributed by atoms with Gasteiger partial charge in [0.2, 0.25) is 10.0 Å². The second-order valence-corrected chi connectivity index (χ2v) is 7.69. The summed E-state index contributed by atoms with van der Waals surface area (Å²) in [4.78, 5) is 3.66. The van der Waals surface area contributed by atoms with Crippen molar-refractivity contribution in [1.29, 1.82) is 0 Å². The Morgan fingerprint density at radius 3 is 2.95 bits per heavy atom. The van der Waals surface area contributed by atoms with Gasteiger partial charge in [-0.05, 0) is 25.5 Å². The van der Waals surface area contributed by atoms with Crippen LogP contribution in [0.2, 0.25) is 0 Å². The lowest BCUT2D eigenvalue weighted by Gasteiger charge is -2.30. The molecule has 19 heavy (non-hydrogen) atoms. The van der Waals surface area contributed by atoms with Gasteiger partial charge in [0.15, 0.2) is 0 Å². The van der Waals surface area contributed by atoms with Crippen molar-refractivity contribution in [3.63, 3.8) is 0 Å². The maximum atomic E-state index is 11.3. The average Bonchev–Trinajstić information content (AvgIpc) is 2.44. The van der Waals surface area contributed by atoms with Crippen LogP contribution in [0.5, 0.6) is 0 Å². The number of hydrogen-bond acceptors (Lipinski definition) is 4. The number of sulfonamides is 1. The Kier molecular flexibility index (Phi) is 5.13. The van der Waals surface area contributed by atoms with Crippen molar-refractivity contribution in [2.75, 3.05) is 36.0 Å². The van der Waals surface area contributed by atoms with E-state index in [1.807, 2.05) is 11.8 Å². The third kappa shape index (κ3) is 4.12. The second kappa shape index (κ2) is 6.63. The Morgan fingerprint density at radius 1 is 1.37 bits per heavy atom. The first kappa shape index (κ1) is 14.7. The Balaban J connectivity index is 1.85. The van der Waals surface area contributed by atoms with Crippen LogP contribution < -0.4 is 9.62 Å². The summed E-state index contributed by atoms with van der Waals surface area (Å²) in [5.74, 6) is 1.24. The number of nitrogens with one attached hydrogen (secondary N) is 1. The zero-order valence-corrected chi connectivity index (χ0v) is 12.8. The highest BCUT2D eigenvalue weighted by Crippen LogP contribution is 2.34. The Hall–Kier alpha value is -0.720. The molecule has 1 N–H and O–H groups in total. The van der Waals surface area contributed by atoms with Gasteiger partial charge in [-0.25, -0.2) is 13.1 Å². The molecule has 1 aliphatic rings. The predicted octanol–water partition coefficient (Wildman–Crippen LogP) is 1.93. The molecule has 1 aromatic carbocycles. The number of para-hydroxylation sites is 1. The number of benzene rings is 1. The first-order valence-corrected chi connectivity index (χ1v) is 9.20. The van der Waals surface area contributed by atoms with E-state index in [-0.39, 0.29) is 5.75 Å². The van der Waals surface area contributed by atoms with Gasteiger partial charge in [-0.2, -0.15) is 0 Å². The van der Waals surface area contributed by atoms with Gasteiger partial charge in [-0.1, -0.05) is 12.1 Å². The SMILES string of the molecule is CCS(=O)(=O)NCCCN1CCSc2ccccc21. The van der Waals surface area contributed by atoms with Gasteiger partial charge in [0, 0.05) is 30.3 Å². The molecule has 106 valence electrons. The number of anilines is 1. The minimum atomic E-state index is -3.06. The molecule has 1 aliphatic heterocycles. The van der Waals surface area contributed by atoms with E-state index in [9.17, 15) is 8.42 Å². The van der Waals surface area contributed by atoms with Gasteiger partial charge in [0.1, 0.15) is 0 Å². The van der Waals surface area contributed by atoms with Crippen molar-refractivity contribution in [3.05, 3.63) is 24.3 Å². The summed E-state index contributed by atoms with van der Waals surface area (Å²) in [5, 5.41) is 0. The largest absolute Gasteiger partial charge is 0.370 e. The van der Waals surface area contributed by atoms with Crippen molar-refractivity contribution in [1.82, 2.24) is 4.72 Å². The van der Waals surface area contributed by atoms with Crippen LogP contribution in [0.1, 0.15) is 13.3 Å². The third-order valence-corrected chi connectivity index (χ3v) is 5.58. The predicted molar refractivity (Wildman–Crippen MR) is 81.5 cm³/mol. The van der Waals surface area contributed by atoms with E-state index in [0.29, 0.717) is 6.54 Å². The number of thioether (sulfide) groups is 1. The van der Waals surface area contributed by atoms with E-state index < -0.39 is 10.0 Å². The van der Waals surface area contributed by atoms with E-state index in [4.69, 9.17) is 0 Å². The van der Waals surface area contributed by atoms with Crippen LogP contribution in [0.25, 0.3) is 0 Å². The van der Waals surface area contributed by atoms with Crippen LogP contribution in [0.4, 0.5) is 5.69 Å². The van der Waals surface area contributed by atoms with Crippen LogP contribution in [-0.2, 0) is 10.0 Å². The zero-order valence-electron chi connectivity index (χ0n) is 11.1. The monoisotopic (exact) mass is 300 g/mol. The molecule has 0 unspecified atom stereocenters. The highest BCUT2D eigenvalue weighted by Gasteiger charge is 2.16. The van der Waals surface area contributed by atoms with E-state index in [0.717, 1.165) is 25.3 Å². The number of rotatable bonds is 6. The maximum absolute atomic E-state index is 11.3. The van der Waals surface area contributed by atoms with Crippen LogP contribution in [0, 0.1) is 0 Å². The number of hydrogen-bond donors (Lipinski definition) is 1. The first-order valence-electron chi connectivity index (χ1n) is 6.56. The Bertz CT molecular complexity index is 517. The summed E-state index contributed by atoms with van der Waals surface area (Å²) in [7, 11) is -3.06. The molecule has 1 heterocycles. The van der Waals surface area contributed by atoms with Gasteiger partial charge in [-0.15, -0.1) is 11.8 Å². The van der Waals surface area contributed by atoms with E-state index in [1.165, 1.54) is 10.6 Å². The highest BCUT2D eigenvalue weighted by molar-refractivity contribution is 7.99. The van der Waals surface area contributed by atoms with Crippen molar-refractivity contribution >= 4 is 27.5 Å². The van der Waals surface area contributed by atoms with Gasteiger partial charge in [0.25, 0.3) is 0 Å². The lowest BCUT2D eigenvalue weighted by molar-refractivity contribution is 0.579. The molecule has 0 atom stereocenters. The molecule has 0 radical (unpaired) electrons. The molecule has 1 aromatic rings. The summed E-state index contributed by atoms with van der Waals surface area (Å²) < 4.78 is 25.3. The maximum Gasteiger partial charge on any atom is 0.211 e. The van der Waals surface area contributed by atoms with E-state index in [2.05, 4.69) is 33.9 Å². The fourth-order valence-electron chi connectivity index (χ4n) is 2.06. The highest BCUT2D eigenvalue weighted by atomic mass is 32.2. The lowest BCUT2D eigenvalue weighted by Crippen LogP contribution is -2.33. The molecule has 6 heteroatoms. The first-order chi connectivity index (χ1) is 9.12. The lowest BCUT2D eigenvalue weighted by atomic mass is 10.2. The van der Waals surface area contributed by atoms with Crippen molar-refractivity contribution in [2.45, 2.75) is 18.2 Å². The molecule has 0 fully saturated rings. The standard InChI is InChI=1S/C13H20N2O2S2/c1-2-19(16,17)14-8-5-9-15-10-11-18-13-7-4-3-6-12(13)15/h3-4,6-7,14H,2,5,8-11H2,1H3.